The topological polar surface area (TPSA) is 86.2 Å². The lowest BCUT2D eigenvalue weighted by Gasteiger charge is -1.91. The number of rotatable bonds is 0. The molecule has 0 saturated carbocycles. The number of ketones is 2. The van der Waals surface area contributed by atoms with E-state index in [1.54, 1.807) is 18.2 Å². The molecular formula is C12H12N2O2. The Labute approximate surface area is 93.2 Å². The van der Waals surface area contributed by atoms with Crippen LogP contribution in [0.3, 0.4) is 0 Å². The highest BCUT2D eigenvalue weighted by molar-refractivity contribution is 6.14. The van der Waals surface area contributed by atoms with Crippen LogP contribution in [0.1, 0.15) is 0 Å². The summed E-state index contributed by atoms with van der Waals surface area (Å²) in [6, 6.07) is 7.15. The van der Waals surface area contributed by atoms with Gasteiger partial charge in [-0.2, -0.15) is 0 Å². The Morgan fingerprint density at radius 3 is 1.38 bits per heavy atom. The van der Waals surface area contributed by atoms with Gasteiger partial charge in [-0.25, -0.2) is 0 Å². The van der Waals surface area contributed by atoms with E-state index in [2.05, 4.69) is 0 Å². The Morgan fingerprint density at radius 2 is 1.12 bits per heavy atom. The van der Waals surface area contributed by atoms with Crippen molar-refractivity contribution in [2.45, 2.75) is 0 Å². The summed E-state index contributed by atoms with van der Waals surface area (Å²) in [5.41, 5.74) is 12.2. The van der Waals surface area contributed by atoms with Crippen molar-refractivity contribution in [3.8, 4) is 0 Å². The zero-order chi connectivity index (χ0) is 12.0. The molecule has 0 heterocycles. The Bertz CT molecular complexity index is 407. The Morgan fingerprint density at radius 1 is 0.750 bits per heavy atom. The fourth-order valence-electron chi connectivity index (χ4n) is 0.999. The molecule has 0 atom stereocenters. The van der Waals surface area contributed by atoms with Gasteiger partial charge in [-0.05, 0) is 42.5 Å². The molecule has 0 saturated heterocycles. The molecule has 82 valence electrons. The van der Waals surface area contributed by atoms with E-state index in [4.69, 9.17) is 11.5 Å². The zero-order valence-corrected chi connectivity index (χ0v) is 8.59. The highest BCUT2D eigenvalue weighted by atomic mass is 16.1. The third-order valence-corrected chi connectivity index (χ3v) is 1.73. The van der Waals surface area contributed by atoms with Crippen LogP contribution in [0.4, 0.5) is 11.4 Å². The van der Waals surface area contributed by atoms with Crippen LogP contribution in [0.5, 0.6) is 0 Å². The van der Waals surface area contributed by atoms with E-state index in [1.807, 2.05) is 6.07 Å². The minimum atomic E-state index is -0.121. The average Bonchev–Trinajstić information content (AvgIpc) is 2.23. The van der Waals surface area contributed by atoms with Crippen LogP contribution in [0, 0.1) is 0 Å². The normalized spacial score (nSPS) is 13.2. The molecule has 0 fully saturated rings. The summed E-state index contributed by atoms with van der Waals surface area (Å²) in [7, 11) is 0. The van der Waals surface area contributed by atoms with Crippen LogP contribution < -0.4 is 11.5 Å². The number of nitrogens with two attached hydrogens (primary N) is 2. The van der Waals surface area contributed by atoms with E-state index < -0.39 is 0 Å². The Hall–Kier alpha value is -2.36. The van der Waals surface area contributed by atoms with Gasteiger partial charge in [0.25, 0.3) is 0 Å². The van der Waals surface area contributed by atoms with Crippen LogP contribution in [-0.4, -0.2) is 11.6 Å². The van der Waals surface area contributed by atoms with Crippen molar-refractivity contribution in [1.82, 2.24) is 0 Å². The molecule has 0 bridgehead atoms. The van der Waals surface area contributed by atoms with Gasteiger partial charge < -0.3 is 11.5 Å². The van der Waals surface area contributed by atoms with E-state index in [1.165, 1.54) is 24.3 Å². The predicted octanol–water partition coefficient (Wildman–Crippen LogP) is 1.10. The summed E-state index contributed by atoms with van der Waals surface area (Å²) in [6.07, 6.45) is 5.01. The van der Waals surface area contributed by atoms with Crippen molar-refractivity contribution in [2.75, 3.05) is 11.5 Å². The highest BCUT2D eigenvalue weighted by Gasteiger charge is 1.97. The molecule has 4 nitrogen and oxygen atoms in total. The van der Waals surface area contributed by atoms with Crippen molar-refractivity contribution >= 4 is 22.9 Å². The van der Waals surface area contributed by atoms with Crippen molar-refractivity contribution < 1.29 is 9.59 Å². The van der Waals surface area contributed by atoms with Gasteiger partial charge in [0.05, 0.1) is 0 Å². The molecule has 0 aromatic heterocycles. The number of hydrogen-bond acceptors (Lipinski definition) is 4. The minimum absolute atomic E-state index is 0.121. The number of allylic oxidation sites excluding steroid dienone is 4. The second-order valence-electron chi connectivity index (χ2n) is 3.14. The second-order valence-corrected chi connectivity index (χ2v) is 3.14. The molecule has 0 radical (unpaired) electrons. The van der Waals surface area contributed by atoms with Crippen molar-refractivity contribution in [1.29, 1.82) is 0 Å². The molecule has 0 spiro atoms. The standard InChI is InChI=1S/C6H8N2.C6H4O2/c7-5-2-1-3-6(8)4-5;7-5-1-2-6(8)4-3-5/h1-4H,7-8H2;1-4H. The van der Waals surface area contributed by atoms with E-state index in [0.717, 1.165) is 0 Å². The molecule has 16 heavy (non-hydrogen) atoms. The van der Waals surface area contributed by atoms with E-state index in [-0.39, 0.29) is 11.6 Å². The molecule has 1 aliphatic carbocycles. The van der Waals surface area contributed by atoms with Crippen molar-refractivity contribution in [3.05, 3.63) is 48.6 Å². The van der Waals surface area contributed by atoms with Crippen molar-refractivity contribution in [2.24, 2.45) is 0 Å². The van der Waals surface area contributed by atoms with E-state index in [9.17, 15) is 9.59 Å². The fraction of sp³-hybridized carbons (Fsp3) is 0. The first kappa shape index (κ1) is 11.7. The third kappa shape index (κ3) is 4.23. The van der Waals surface area contributed by atoms with Gasteiger partial charge in [0.1, 0.15) is 0 Å². The Balaban J connectivity index is 0.000000160. The Kier molecular flexibility index (Phi) is 4.03. The minimum Gasteiger partial charge on any atom is -0.399 e. The fourth-order valence-corrected chi connectivity index (χ4v) is 0.999. The van der Waals surface area contributed by atoms with Gasteiger partial charge in [-0.1, -0.05) is 6.07 Å². The largest absolute Gasteiger partial charge is 0.399 e. The maximum absolute atomic E-state index is 10.3. The van der Waals surface area contributed by atoms with Gasteiger partial charge in [0.2, 0.25) is 0 Å². The zero-order valence-electron chi connectivity index (χ0n) is 8.59. The van der Waals surface area contributed by atoms with Gasteiger partial charge in [-0.15, -0.1) is 0 Å². The molecule has 4 heteroatoms. The summed E-state index contributed by atoms with van der Waals surface area (Å²) in [4.78, 5) is 20.6. The summed E-state index contributed by atoms with van der Waals surface area (Å²) < 4.78 is 0. The monoisotopic (exact) mass is 216 g/mol. The van der Waals surface area contributed by atoms with Crippen LogP contribution in [0.2, 0.25) is 0 Å². The number of nitrogen functional groups attached to an aromatic ring is 2. The maximum atomic E-state index is 10.3. The third-order valence-electron chi connectivity index (χ3n) is 1.73. The SMILES string of the molecule is Nc1cccc(N)c1.O=C1C=CC(=O)C=C1. The van der Waals surface area contributed by atoms with Crippen LogP contribution in [0.25, 0.3) is 0 Å². The van der Waals surface area contributed by atoms with Gasteiger partial charge in [0.15, 0.2) is 11.6 Å². The molecule has 2 rings (SSSR count). The smallest absolute Gasteiger partial charge is 0.178 e. The number of benzene rings is 1. The quantitative estimate of drug-likeness (QED) is 0.502. The number of hydrogen-bond donors (Lipinski definition) is 2. The number of carbonyl (C=O) groups excluding carboxylic acids is 2. The highest BCUT2D eigenvalue weighted by Crippen LogP contribution is 2.06. The van der Waals surface area contributed by atoms with Gasteiger partial charge >= 0.3 is 0 Å². The summed E-state index contributed by atoms with van der Waals surface area (Å²) in [5, 5.41) is 0. The lowest BCUT2D eigenvalue weighted by molar-refractivity contribution is -0.113. The molecule has 0 amide bonds. The average molecular weight is 216 g/mol. The molecule has 0 aliphatic heterocycles. The first-order valence-electron chi connectivity index (χ1n) is 4.63. The summed E-state index contributed by atoms with van der Waals surface area (Å²) in [5.74, 6) is -0.241. The lowest BCUT2D eigenvalue weighted by atomic mass is 10.2. The van der Waals surface area contributed by atoms with Crippen LogP contribution in [0.15, 0.2) is 48.6 Å². The molecular weight excluding hydrogens is 204 g/mol. The van der Waals surface area contributed by atoms with E-state index in [0.29, 0.717) is 11.4 Å². The second kappa shape index (κ2) is 5.50. The van der Waals surface area contributed by atoms with Crippen LogP contribution >= 0.6 is 0 Å². The first-order chi connectivity index (χ1) is 7.58. The number of carbonyl (C=O) groups is 2. The molecule has 1 aromatic carbocycles. The van der Waals surface area contributed by atoms with Gasteiger partial charge in [-0.3, -0.25) is 9.59 Å². The predicted molar refractivity (Wildman–Crippen MR) is 63.6 cm³/mol. The van der Waals surface area contributed by atoms with Gasteiger partial charge in [0, 0.05) is 11.4 Å². The van der Waals surface area contributed by atoms with Crippen molar-refractivity contribution in [3.63, 3.8) is 0 Å². The first-order valence-corrected chi connectivity index (χ1v) is 4.63. The molecule has 1 aliphatic rings. The van der Waals surface area contributed by atoms with Crippen LogP contribution in [-0.2, 0) is 9.59 Å². The maximum Gasteiger partial charge on any atom is 0.178 e. The molecule has 0 unspecified atom stereocenters. The molecule has 4 N–H and O–H groups in total. The number of anilines is 2. The molecule has 1 aromatic rings. The van der Waals surface area contributed by atoms with E-state index >= 15 is 0 Å². The lowest BCUT2D eigenvalue weighted by Crippen LogP contribution is -1.97. The summed E-state index contributed by atoms with van der Waals surface area (Å²) in [6.45, 7) is 0. The summed E-state index contributed by atoms with van der Waals surface area (Å²) >= 11 is 0.